The molecule has 7 nitrogen and oxygen atoms in total. The summed E-state index contributed by atoms with van der Waals surface area (Å²) >= 11 is 7.33. The number of nitriles is 1. The number of aryl methyl sites for hydroxylation is 1. The van der Waals surface area contributed by atoms with E-state index in [1.165, 1.54) is 17.8 Å². The minimum absolute atomic E-state index is 0.00398. The summed E-state index contributed by atoms with van der Waals surface area (Å²) in [6.45, 7) is 1.81. The minimum atomic E-state index is -0.621. The van der Waals surface area contributed by atoms with Crippen LogP contribution in [0.1, 0.15) is 52.6 Å². The quantitative estimate of drug-likeness (QED) is 0.329. The van der Waals surface area contributed by atoms with Crippen molar-refractivity contribution in [2.75, 3.05) is 11.1 Å². The average molecular weight is 558 g/mol. The van der Waals surface area contributed by atoms with E-state index in [1.54, 1.807) is 48.5 Å². The lowest BCUT2D eigenvalue weighted by molar-refractivity contribution is -0.116. The third-order valence-electron chi connectivity index (χ3n) is 6.59. The first kappa shape index (κ1) is 26.5. The molecule has 0 saturated heterocycles. The van der Waals surface area contributed by atoms with Gasteiger partial charge < -0.3 is 15.1 Å². The number of carbonyl (C=O) groups is 3. The lowest BCUT2D eigenvalue weighted by Crippen LogP contribution is -2.31. The predicted octanol–water partition coefficient (Wildman–Crippen LogP) is 6.27. The highest BCUT2D eigenvalue weighted by Crippen LogP contribution is 2.44. The Morgan fingerprint density at radius 1 is 1.15 bits per heavy atom. The number of allylic oxidation sites excluding steroid dienone is 3. The molecular weight excluding hydrogens is 534 g/mol. The molecule has 0 radical (unpaired) electrons. The van der Waals surface area contributed by atoms with Gasteiger partial charge in [0.25, 0.3) is 0 Å². The van der Waals surface area contributed by atoms with Gasteiger partial charge in [-0.1, -0.05) is 53.7 Å². The maximum absolute atomic E-state index is 13.1. The molecular formula is C30H24ClN3O4S. The number of hydrogen-bond donors (Lipinski definition) is 2. The molecule has 9 heteroatoms. The molecule has 0 unspecified atom stereocenters. The first-order chi connectivity index (χ1) is 18.9. The summed E-state index contributed by atoms with van der Waals surface area (Å²) in [7, 11) is 0. The number of anilines is 1. The standard InChI is InChI=1S/C30H24ClN3O4S/c1-17-10-13-25(38-17)27-21(15-32)30(34-23-8-5-9-24(35)28(23)27)39-16-26(36)33-22-12-11-19(31)14-20(22)29(37)18-6-3-2-4-7-18/h2-4,6-7,10-14,27,34H,5,8-9,16H2,1H3,(H,33,36)/t27-/m1/s1. The second-order valence-electron chi connectivity index (χ2n) is 9.25. The average Bonchev–Trinajstić information content (AvgIpc) is 3.38. The van der Waals surface area contributed by atoms with Crippen molar-refractivity contribution < 1.29 is 18.8 Å². The smallest absolute Gasteiger partial charge is 0.234 e. The van der Waals surface area contributed by atoms with E-state index in [9.17, 15) is 19.6 Å². The fourth-order valence-corrected chi connectivity index (χ4v) is 5.85. The van der Waals surface area contributed by atoms with Gasteiger partial charge in [-0.2, -0.15) is 5.26 Å². The van der Waals surface area contributed by atoms with Crippen LogP contribution in [0.5, 0.6) is 0 Å². The van der Waals surface area contributed by atoms with E-state index >= 15 is 0 Å². The molecule has 2 N–H and O–H groups in total. The number of benzene rings is 2. The van der Waals surface area contributed by atoms with Crippen LogP contribution in [0.25, 0.3) is 0 Å². The summed E-state index contributed by atoms with van der Waals surface area (Å²) in [5.41, 5.74) is 2.76. The Hall–Kier alpha value is -4.06. The van der Waals surface area contributed by atoms with Crippen LogP contribution in [-0.2, 0) is 9.59 Å². The molecule has 3 aromatic rings. The van der Waals surface area contributed by atoms with Crippen LogP contribution in [0.3, 0.4) is 0 Å². The Labute approximate surface area is 234 Å². The number of carbonyl (C=O) groups excluding carboxylic acids is 3. The number of furan rings is 1. The molecule has 2 aromatic carbocycles. The second kappa shape index (κ2) is 11.4. The van der Waals surface area contributed by atoms with Crippen molar-refractivity contribution >= 4 is 46.5 Å². The highest BCUT2D eigenvalue weighted by molar-refractivity contribution is 8.03. The van der Waals surface area contributed by atoms with Gasteiger partial charge in [-0.15, -0.1) is 0 Å². The normalized spacial score (nSPS) is 16.8. The number of nitrogens with one attached hydrogen (secondary N) is 2. The van der Waals surface area contributed by atoms with Gasteiger partial charge in [0.15, 0.2) is 11.6 Å². The van der Waals surface area contributed by atoms with Crippen molar-refractivity contribution in [1.82, 2.24) is 5.32 Å². The lowest BCUT2D eigenvalue weighted by atomic mass is 9.79. The summed E-state index contributed by atoms with van der Waals surface area (Å²) in [4.78, 5) is 39.0. The zero-order chi connectivity index (χ0) is 27.5. The first-order valence-electron chi connectivity index (χ1n) is 12.4. The van der Waals surface area contributed by atoms with E-state index in [4.69, 9.17) is 16.0 Å². The van der Waals surface area contributed by atoms with E-state index < -0.39 is 5.92 Å². The van der Waals surface area contributed by atoms with Gasteiger partial charge in [-0.3, -0.25) is 14.4 Å². The Bertz CT molecular complexity index is 1580. The number of hydrogen-bond acceptors (Lipinski definition) is 7. The molecule has 0 spiro atoms. The topological polar surface area (TPSA) is 112 Å². The number of halogens is 1. The SMILES string of the molecule is Cc1ccc([C@H]2C(C#N)=C(SCC(=O)Nc3ccc(Cl)cc3C(=O)c3ccccc3)NC3=C2C(=O)CCC3)o1. The fraction of sp³-hybridized carbons (Fsp3) is 0.200. The van der Waals surface area contributed by atoms with Gasteiger partial charge in [0.2, 0.25) is 5.91 Å². The molecule has 0 bridgehead atoms. The van der Waals surface area contributed by atoms with E-state index in [1.807, 2.05) is 13.0 Å². The number of Topliss-reactive ketones (excluding diaryl/α,β-unsaturated/α-hetero) is 1. The highest BCUT2D eigenvalue weighted by atomic mass is 35.5. The molecule has 2 heterocycles. The number of dihydropyridines is 1. The zero-order valence-corrected chi connectivity index (χ0v) is 22.6. The lowest BCUT2D eigenvalue weighted by Gasteiger charge is -2.32. The Morgan fingerprint density at radius 2 is 1.95 bits per heavy atom. The van der Waals surface area contributed by atoms with Crippen molar-refractivity contribution in [3.05, 3.63) is 110 Å². The maximum Gasteiger partial charge on any atom is 0.234 e. The molecule has 5 rings (SSSR count). The number of nitrogens with zero attached hydrogens (tertiary/aromatic N) is 1. The third kappa shape index (κ3) is 5.56. The Morgan fingerprint density at radius 3 is 2.67 bits per heavy atom. The molecule has 1 aliphatic heterocycles. The van der Waals surface area contributed by atoms with Crippen LogP contribution >= 0.6 is 23.4 Å². The minimum Gasteiger partial charge on any atom is -0.465 e. The summed E-state index contributed by atoms with van der Waals surface area (Å²) < 4.78 is 5.86. The maximum atomic E-state index is 13.1. The molecule has 1 atom stereocenters. The van der Waals surface area contributed by atoms with Crippen LogP contribution in [0, 0.1) is 18.3 Å². The Kier molecular flexibility index (Phi) is 7.73. The predicted molar refractivity (Wildman–Crippen MR) is 150 cm³/mol. The molecule has 2 aliphatic rings. The van der Waals surface area contributed by atoms with E-state index in [-0.39, 0.29) is 28.8 Å². The van der Waals surface area contributed by atoms with Crippen molar-refractivity contribution in [3.8, 4) is 6.07 Å². The van der Waals surface area contributed by atoms with E-state index in [0.717, 1.165) is 5.70 Å². The van der Waals surface area contributed by atoms with Gasteiger partial charge in [0.05, 0.1) is 34.0 Å². The number of thioether (sulfide) groups is 1. The third-order valence-corrected chi connectivity index (χ3v) is 7.84. The van der Waals surface area contributed by atoms with Crippen molar-refractivity contribution in [2.45, 2.75) is 32.1 Å². The summed E-state index contributed by atoms with van der Waals surface area (Å²) in [5.74, 6) is -0.0660. The molecule has 1 aliphatic carbocycles. The number of amides is 1. The first-order valence-corrected chi connectivity index (χ1v) is 13.8. The summed E-state index contributed by atoms with van der Waals surface area (Å²) in [5, 5.41) is 17.1. The second-order valence-corrected chi connectivity index (χ2v) is 10.7. The molecule has 1 amide bonds. The largest absolute Gasteiger partial charge is 0.465 e. The van der Waals surface area contributed by atoms with Crippen LogP contribution in [0.4, 0.5) is 5.69 Å². The van der Waals surface area contributed by atoms with Gasteiger partial charge >= 0.3 is 0 Å². The summed E-state index contributed by atoms with van der Waals surface area (Å²) in [6.07, 6.45) is 1.80. The monoisotopic (exact) mass is 557 g/mol. The zero-order valence-electron chi connectivity index (χ0n) is 21.0. The molecule has 0 saturated carbocycles. The van der Waals surface area contributed by atoms with Gasteiger partial charge in [0.1, 0.15) is 11.5 Å². The summed E-state index contributed by atoms with van der Waals surface area (Å²) in [6, 6.07) is 19.3. The van der Waals surface area contributed by atoms with Crippen LogP contribution in [-0.4, -0.2) is 23.2 Å². The number of rotatable bonds is 7. The highest BCUT2D eigenvalue weighted by Gasteiger charge is 2.38. The molecule has 1 aromatic heterocycles. The van der Waals surface area contributed by atoms with Gasteiger partial charge in [-0.25, -0.2) is 0 Å². The van der Waals surface area contributed by atoms with E-state index in [2.05, 4.69) is 16.7 Å². The van der Waals surface area contributed by atoms with Crippen LogP contribution < -0.4 is 10.6 Å². The molecule has 0 fully saturated rings. The van der Waals surface area contributed by atoms with Crippen LogP contribution in [0.2, 0.25) is 5.02 Å². The van der Waals surface area contributed by atoms with Gasteiger partial charge in [0, 0.05) is 33.8 Å². The van der Waals surface area contributed by atoms with E-state index in [0.29, 0.717) is 63.2 Å². The van der Waals surface area contributed by atoms with Crippen molar-refractivity contribution in [2.24, 2.45) is 0 Å². The molecule has 39 heavy (non-hydrogen) atoms. The number of ketones is 2. The fourth-order valence-electron chi connectivity index (χ4n) is 4.81. The van der Waals surface area contributed by atoms with Crippen LogP contribution in [0.15, 0.2) is 87.0 Å². The van der Waals surface area contributed by atoms with Crippen molar-refractivity contribution in [1.29, 1.82) is 5.26 Å². The van der Waals surface area contributed by atoms with Crippen molar-refractivity contribution in [3.63, 3.8) is 0 Å². The molecule has 196 valence electrons. The Balaban J connectivity index is 1.38. The van der Waals surface area contributed by atoms with Gasteiger partial charge in [-0.05, 0) is 50.1 Å².